The van der Waals surface area contributed by atoms with Crippen LogP contribution in [0, 0.1) is 23.5 Å². The molecule has 0 atom stereocenters. The largest absolute Gasteiger partial charge is 0.385 e. The summed E-state index contributed by atoms with van der Waals surface area (Å²) in [6.45, 7) is 1.41. The van der Waals surface area contributed by atoms with Gasteiger partial charge in [-0.1, -0.05) is 6.07 Å². The normalized spacial score (nSPS) is 33.0. The molecule has 25 heavy (non-hydrogen) atoms. The number of hydrogen-bond donors (Lipinski definition) is 1. The number of ether oxygens (including phenoxy) is 2. The minimum Gasteiger partial charge on any atom is -0.385 e. The van der Waals surface area contributed by atoms with Crippen molar-refractivity contribution in [2.75, 3.05) is 13.2 Å². The van der Waals surface area contributed by atoms with Gasteiger partial charge in [0.25, 0.3) is 0 Å². The van der Waals surface area contributed by atoms with Crippen molar-refractivity contribution in [3.8, 4) is 0 Å². The molecule has 0 amide bonds. The molecule has 0 radical (unpaired) electrons. The highest BCUT2D eigenvalue weighted by molar-refractivity contribution is 5.24. The van der Waals surface area contributed by atoms with Gasteiger partial charge in [-0.25, -0.2) is 8.78 Å². The van der Waals surface area contributed by atoms with Gasteiger partial charge in [-0.15, -0.1) is 0 Å². The van der Waals surface area contributed by atoms with Gasteiger partial charge in [-0.2, -0.15) is 0 Å². The van der Waals surface area contributed by atoms with E-state index in [0.29, 0.717) is 43.5 Å². The van der Waals surface area contributed by atoms with Crippen LogP contribution in [-0.2, 0) is 15.1 Å². The molecule has 3 fully saturated rings. The third-order valence-corrected chi connectivity index (χ3v) is 6.59. The van der Waals surface area contributed by atoms with Crippen LogP contribution >= 0.6 is 0 Å². The molecule has 1 aromatic carbocycles. The van der Waals surface area contributed by atoms with Crippen LogP contribution in [0.15, 0.2) is 18.2 Å². The molecule has 1 saturated heterocycles. The molecule has 5 heteroatoms. The molecule has 1 heterocycles. The third-order valence-electron chi connectivity index (χ3n) is 6.59. The van der Waals surface area contributed by atoms with Crippen LogP contribution in [0.3, 0.4) is 0 Å². The Hall–Kier alpha value is -1.04. The Balaban J connectivity index is 1.36. The van der Waals surface area contributed by atoms with E-state index in [0.717, 1.165) is 50.7 Å². The lowest BCUT2D eigenvalue weighted by Gasteiger charge is -2.43. The fourth-order valence-corrected chi connectivity index (χ4v) is 5.00. The second-order valence-electron chi connectivity index (χ2n) is 7.94. The smallest absolute Gasteiger partial charge is 0.168 e. The molecule has 1 N–H and O–H groups in total. The number of halogens is 2. The monoisotopic (exact) mass is 352 g/mol. The Kier molecular flexibility index (Phi) is 4.59. The molecule has 4 rings (SSSR count). The summed E-state index contributed by atoms with van der Waals surface area (Å²) in [6.07, 6.45) is 7.20. The van der Waals surface area contributed by atoms with Gasteiger partial charge in [-0.3, -0.25) is 0 Å². The van der Waals surface area contributed by atoms with Crippen LogP contribution in [0.1, 0.15) is 56.9 Å². The van der Waals surface area contributed by atoms with Crippen LogP contribution in [-0.4, -0.2) is 24.1 Å². The topological polar surface area (TPSA) is 38.7 Å². The third kappa shape index (κ3) is 3.34. The van der Waals surface area contributed by atoms with E-state index in [9.17, 15) is 13.9 Å². The quantitative estimate of drug-likeness (QED) is 0.864. The van der Waals surface area contributed by atoms with Crippen molar-refractivity contribution in [2.24, 2.45) is 11.8 Å². The highest BCUT2D eigenvalue weighted by Crippen LogP contribution is 2.47. The first kappa shape index (κ1) is 17.4. The predicted octanol–water partition coefficient (Wildman–Crippen LogP) is 4.28. The summed E-state index contributed by atoms with van der Waals surface area (Å²) >= 11 is 0. The summed E-state index contributed by atoms with van der Waals surface area (Å²) in [7, 11) is 0. The van der Waals surface area contributed by atoms with Gasteiger partial charge < -0.3 is 14.6 Å². The average Bonchev–Trinajstić information content (AvgIpc) is 3.07. The molecule has 0 bridgehead atoms. The second-order valence-corrected chi connectivity index (χ2v) is 7.94. The fraction of sp³-hybridized carbons (Fsp3) is 0.700. The first-order valence-corrected chi connectivity index (χ1v) is 9.46. The maximum absolute atomic E-state index is 13.5. The summed E-state index contributed by atoms with van der Waals surface area (Å²) in [4.78, 5) is 0. The number of rotatable bonds is 2. The van der Waals surface area contributed by atoms with Crippen molar-refractivity contribution in [3.05, 3.63) is 35.4 Å². The maximum Gasteiger partial charge on any atom is 0.168 e. The highest BCUT2D eigenvalue weighted by atomic mass is 19.2. The molecular weight excluding hydrogens is 326 g/mol. The van der Waals surface area contributed by atoms with E-state index in [2.05, 4.69) is 0 Å². The molecule has 1 aliphatic heterocycles. The predicted molar refractivity (Wildman–Crippen MR) is 88.8 cm³/mol. The number of aliphatic hydroxyl groups is 1. The second kappa shape index (κ2) is 6.60. The lowest BCUT2D eigenvalue weighted by atomic mass is 9.67. The van der Waals surface area contributed by atoms with E-state index in [4.69, 9.17) is 9.47 Å². The summed E-state index contributed by atoms with van der Waals surface area (Å²) < 4.78 is 38.3. The van der Waals surface area contributed by atoms with Gasteiger partial charge in [0.2, 0.25) is 0 Å². The zero-order chi connectivity index (χ0) is 17.5. The van der Waals surface area contributed by atoms with Crippen molar-refractivity contribution in [1.82, 2.24) is 0 Å². The number of hydrogen-bond acceptors (Lipinski definition) is 3. The standard InChI is InChI=1S/C20H26F2O3/c21-17-2-1-16(13-18(17)22)19(23)7-3-14(4-8-19)15-5-9-20(10-6-15)24-11-12-25-20/h1-2,13-15,23H,3-12H2. The average molecular weight is 352 g/mol. The lowest BCUT2D eigenvalue weighted by molar-refractivity contribution is -0.186. The lowest BCUT2D eigenvalue weighted by Crippen LogP contribution is -2.39. The van der Waals surface area contributed by atoms with E-state index in [-0.39, 0.29) is 5.79 Å². The van der Waals surface area contributed by atoms with Crippen LogP contribution in [0.2, 0.25) is 0 Å². The Morgan fingerprint density at radius 3 is 1.96 bits per heavy atom. The zero-order valence-corrected chi connectivity index (χ0v) is 14.5. The first-order valence-electron chi connectivity index (χ1n) is 9.46. The maximum atomic E-state index is 13.5. The zero-order valence-electron chi connectivity index (χ0n) is 14.5. The van der Waals surface area contributed by atoms with E-state index >= 15 is 0 Å². The van der Waals surface area contributed by atoms with Gasteiger partial charge in [0, 0.05) is 12.8 Å². The first-order chi connectivity index (χ1) is 12.0. The van der Waals surface area contributed by atoms with Gasteiger partial charge in [0.15, 0.2) is 17.4 Å². The molecule has 138 valence electrons. The van der Waals surface area contributed by atoms with Crippen molar-refractivity contribution in [3.63, 3.8) is 0 Å². The van der Waals surface area contributed by atoms with E-state index < -0.39 is 17.2 Å². The van der Waals surface area contributed by atoms with Crippen LogP contribution < -0.4 is 0 Å². The Morgan fingerprint density at radius 2 is 1.40 bits per heavy atom. The van der Waals surface area contributed by atoms with Crippen molar-refractivity contribution in [2.45, 2.75) is 62.8 Å². The van der Waals surface area contributed by atoms with Gasteiger partial charge in [0.05, 0.1) is 18.8 Å². The van der Waals surface area contributed by atoms with Gasteiger partial charge in [-0.05, 0) is 68.1 Å². The molecule has 0 aromatic heterocycles. The Labute approximate surface area is 147 Å². The van der Waals surface area contributed by atoms with E-state index in [1.807, 2.05) is 0 Å². The molecule has 2 saturated carbocycles. The van der Waals surface area contributed by atoms with Crippen LogP contribution in [0.25, 0.3) is 0 Å². The Bertz CT molecular complexity index is 609. The Morgan fingerprint density at radius 1 is 0.840 bits per heavy atom. The SMILES string of the molecule is OC1(c2ccc(F)c(F)c2)CCC(C2CCC3(CC2)OCCO3)CC1. The van der Waals surface area contributed by atoms with E-state index in [1.165, 1.54) is 6.07 Å². The van der Waals surface area contributed by atoms with Crippen LogP contribution in [0.5, 0.6) is 0 Å². The molecule has 0 unspecified atom stereocenters. The van der Waals surface area contributed by atoms with Gasteiger partial charge in [0.1, 0.15) is 0 Å². The molecule has 1 aromatic rings. The molecule has 2 aliphatic carbocycles. The van der Waals surface area contributed by atoms with Crippen molar-refractivity contribution < 1.29 is 23.4 Å². The summed E-state index contributed by atoms with van der Waals surface area (Å²) in [5.74, 6) is -0.842. The summed E-state index contributed by atoms with van der Waals surface area (Å²) in [5.41, 5.74) is -0.529. The minimum absolute atomic E-state index is 0.322. The van der Waals surface area contributed by atoms with Crippen molar-refractivity contribution in [1.29, 1.82) is 0 Å². The van der Waals surface area contributed by atoms with E-state index in [1.54, 1.807) is 0 Å². The minimum atomic E-state index is -1.03. The van der Waals surface area contributed by atoms with Gasteiger partial charge >= 0.3 is 0 Å². The highest BCUT2D eigenvalue weighted by Gasteiger charge is 2.44. The molecule has 1 spiro atoms. The fourth-order valence-electron chi connectivity index (χ4n) is 5.00. The molecule has 3 aliphatic rings. The van der Waals surface area contributed by atoms with Crippen molar-refractivity contribution >= 4 is 0 Å². The summed E-state index contributed by atoms with van der Waals surface area (Å²) in [6, 6.07) is 3.77. The van der Waals surface area contributed by atoms with Crippen LogP contribution in [0.4, 0.5) is 8.78 Å². The summed E-state index contributed by atoms with van der Waals surface area (Å²) in [5, 5.41) is 10.9. The molecular formula is C20H26F2O3. The molecule has 3 nitrogen and oxygen atoms in total. The number of benzene rings is 1.